The lowest BCUT2D eigenvalue weighted by Crippen LogP contribution is -2.59. The highest BCUT2D eigenvalue weighted by Gasteiger charge is 2.51. The fourth-order valence-electron chi connectivity index (χ4n) is 2.02. The van der Waals surface area contributed by atoms with E-state index in [0.29, 0.717) is 0 Å². The van der Waals surface area contributed by atoms with Crippen molar-refractivity contribution in [2.75, 3.05) is 6.61 Å². The molecule has 0 aromatic carbocycles. The second-order valence-electron chi connectivity index (χ2n) is 4.95. The molecule has 0 aromatic heterocycles. The van der Waals surface area contributed by atoms with Crippen molar-refractivity contribution in [2.45, 2.75) is 44.4 Å². The highest BCUT2D eigenvalue weighted by atomic mass is 16.7. The predicted molar refractivity (Wildman–Crippen MR) is 59.5 cm³/mol. The molecule has 1 saturated heterocycles. The number of aliphatic hydroxyl groups is 4. The minimum Gasteiger partial charge on any atom is -0.477 e. The summed E-state index contributed by atoms with van der Waals surface area (Å²) in [4.78, 5) is 10.9. The summed E-state index contributed by atoms with van der Waals surface area (Å²) in [6.07, 6.45) is -3.80. The van der Waals surface area contributed by atoms with E-state index in [1.54, 1.807) is 13.8 Å². The average Bonchev–Trinajstić information content (AvgIpc) is 2.31. The van der Waals surface area contributed by atoms with Gasteiger partial charge in [0.05, 0.1) is 18.3 Å². The first-order chi connectivity index (χ1) is 8.23. The zero-order chi connectivity index (χ0) is 14.1. The summed E-state index contributed by atoms with van der Waals surface area (Å²) in [7, 11) is 0. The molecule has 0 spiro atoms. The molecular weight excluding hydrogens is 244 g/mol. The van der Waals surface area contributed by atoms with Crippen molar-refractivity contribution in [2.24, 2.45) is 11.8 Å². The minimum atomic E-state index is -2.51. The van der Waals surface area contributed by atoms with Gasteiger partial charge in [-0.05, 0) is 0 Å². The largest absolute Gasteiger partial charge is 0.477 e. The Morgan fingerprint density at radius 2 is 2.11 bits per heavy atom. The highest BCUT2D eigenvalue weighted by molar-refractivity contribution is 5.75. The van der Waals surface area contributed by atoms with Crippen LogP contribution in [-0.4, -0.2) is 62.2 Å². The Morgan fingerprint density at radius 1 is 1.56 bits per heavy atom. The molecule has 0 aromatic rings. The SMILES string of the molecule is C[C@H](CO)[C@@H](O)C1OC(O)(C(=O)O)C[C@@H](O)[C@H]1C. The van der Waals surface area contributed by atoms with Crippen molar-refractivity contribution in [3.8, 4) is 0 Å². The fraction of sp³-hybridized carbons (Fsp3) is 0.909. The number of carboxylic acid groups (broad SMARTS) is 1. The van der Waals surface area contributed by atoms with Crippen molar-refractivity contribution in [1.29, 1.82) is 0 Å². The third kappa shape index (κ3) is 2.81. The van der Waals surface area contributed by atoms with Crippen LogP contribution < -0.4 is 0 Å². The molecule has 1 aliphatic heterocycles. The summed E-state index contributed by atoms with van der Waals surface area (Å²) in [6, 6.07) is 0. The number of aliphatic carboxylic acids is 1. The molecule has 0 aliphatic carbocycles. The first-order valence-corrected chi connectivity index (χ1v) is 5.83. The van der Waals surface area contributed by atoms with Gasteiger partial charge in [-0.3, -0.25) is 0 Å². The number of carbonyl (C=O) groups is 1. The molecular formula is C11H20O7. The van der Waals surface area contributed by atoms with E-state index in [2.05, 4.69) is 0 Å². The zero-order valence-electron chi connectivity index (χ0n) is 10.4. The summed E-state index contributed by atoms with van der Waals surface area (Å²) in [5, 5.41) is 47.3. The van der Waals surface area contributed by atoms with E-state index in [1.165, 1.54) is 0 Å². The molecule has 5 N–H and O–H groups in total. The fourth-order valence-corrected chi connectivity index (χ4v) is 2.02. The van der Waals surface area contributed by atoms with Gasteiger partial charge in [-0.15, -0.1) is 0 Å². The summed E-state index contributed by atoms with van der Waals surface area (Å²) in [6.45, 7) is 2.83. The molecule has 0 amide bonds. The Bertz CT molecular complexity index is 308. The third-order valence-electron chi connectivity index (χ3n) is 3.48. The van der Waals surface area contributed by atoms with Crippen molar-refractivity contribution in [3.05, 3.63) is 0 Å². The molecule has 6 atom stereocenters. The molecule has 0 bridgehead atoms. The first kappa shape index (κ1) is 15.3. The number of carboxylic acids is 1. The van der Waals surface area contributed by atoms with Crippen molar-refractivity contribution < 1.29 is 35.1 Å². The quantitative estimate of drug-likeness (QED) is 0.419. The van der Waals surface area contributed by atoms with E-state index in [4.69, 9.17) is 14.9 Å². The van der Waals surface area contributed by atoms with E-state index in [9.17, 15) is 20.1 Å². The van der Waals surface area contributed by atoms with E-state index < -0.39 is 48.3 Å². The van der Waals surface area contributed by atoms with Crippen LogP contribution in [0.5, 0.6) is 0 Å². The van der Waals surface area contributed by atoms with Crippen LogP contribution in [-0.2, 0) is 9.53 Å². The van der Waals surface area contributed by atoms with Crippen LogP contribution in [0, 0.1) is 11.8 Å². The maximum Gasteiger partial charge on any atom is 0.364 e. The number of hydrogen-bond acceptors (Lipinski definition) is 6. The maximum absolute atomic E-state index is 10.9. The van der Waals surface area contributed by atoms with Crippen LogP contribution in [0.25, 0.3) is 0 Å². The van der Waals surface area contributed by atoms with Gasteiger partial charge in [0.15, 0.2) is 0 Å². The van der Waals surface area contributed by atoms with Crippen LogP contribution in [0.4, 0.5) is 0 Å². The maximum atomic E-state index is 10.9. The van der Waals surface area contributed by atoms with Gasteiger partial charge in [0, 0.05) is 24.9 Å². The molecule has 1 rings (SSSR count). The van der Waals surface area contributed by atoms with Crippen molar-refractivity contribution in [1.82, 2.24) is 0 Å². The smallest absolute Gasteiger partial charge is 0.364 e. The Labute approximate surface area is 105 Å². The van der Waals surface area contributed by atoms with Crippen molar-refractivity contribution in [3.63, 3.8) is 0 Å². The minimum absolute atomic E-state index is 0.310. The predicted octanol–water partition coefficient (Wildman–Crippen LogP) is -1.47. The average molecular weight is 264 g/mol. The molecule has 0 saturated carbocycles. The number of hydrogen-bond donors (Lipinski definition) is 5. The molecule has 0 radical (unpaired) electrons. The van der Waals surface area contributed by atoms with Crippen LogP contribution in [0.1, 0.15) is 20.3 Å². The summed E-state index contributed by atoms with van der Waals surface area (Å²) >= 11 is 0. The molecule has 1 heterocycles. The molecule has 106 valence electrons. The lowest BCUT2D eigenvalue weighted by molar-refractivity contribution is -0.299. The van der Waals surface area contributed by atoms with Gasteiger partial charge in [0.1, 0.15) is 0 Å². The second-order valence-corrected chi connectivity index (χ2v) is 4.95. The van der Waals surface area contributed by atoms with Crippen LogP contribution in [0.3, 0.4) is 0 Å². The van der Waals surface area contributed by atoms with E-state index in [-0.39, 0.29) is 6.61 Å². The summed E-state index contributed by atoms with van der Waals surface area (Å²) < 4.78 is 5.04. The lowest BCUT2D eigenvalue weighted by atomic mass is 9.83. The van der Waals surface area contributed by atoms with Crippen LogP contribution in [0.2, 0.25) is 0 Å². The first-order valence-electron chi connectivity index (χ1n) is 5.83. The van der Waals surface area contributed by atoms with E-state index >= 15 is 0 Å². The standard InChI is InChI=1S/C11H20O7/c1-5(4-12)8(14)9-6(2)7(13)3-11(17,18-9)10(15)16/h5-9,12-14,17H,3-4H2,1-2H3,(H,15,16)/t5-,6-,7-,8-,9?,11?/m1/s1. The highest BCUT2D eigenvalue weighted by Crippen LogP contribution is 2.34. The topological polar surface area (TPSA) is 127 Å². The van der Waals surface area contributed by atoms with Crippen molar-refractivity contribution >= 4 is 5.97 Å². The van der Waals surface area contributed by atoms with Gasteiger partial charge < -0.3 is 30.3 Å². The number of rotatable bonds is 4. The molecule has 1 fully saturated rings. The van der Waals surface area contributed by atoms with Gasteiger partial charge in [0.25, 0.3) is 5.79 Å². The summed E-state index contributed by atoms with van der Waals surface area (Å²) in [5.74, 6) is -5.22. The Kier molecular flexibility index (Phi) is 4.68. The summed E-state index contributed by atoms with van der Waals surface area (Å²) in [5.41, 5.74) is 0. The van der Waals surface area contributed by atoms with Gasteiger partial charge in [-0.25, -0.2) is 4.79 Å². The van der Waals surface area contributed by atoms with Gasteiger partial charge in [-0.1, -0.05) is 13.8 Å². The van der Waals surface area contributed by atoms with E-state index in [0.717, 1.165) is 0 Å². The van der Waals surface area contributed by atoms with Gasteiger partial charge in [-0.2, -0.15) is 0 Å². The second kappa shape index (κ2) is 5.50. The zero-order valence-corrected chi connectivity index (χ0v) is 10.4. The third-order valence-corrected chi connectivity index (χ3v) is 3.48. The number of ether oxygens (including phenoxy) is 1. The van der Waals surface area contributed by atoms with E-state index in [1.807, 2.05) is 0 Å². The molecule has 7 heteroatoms. The van der Waals surface area contributed by atoms with Gasteiger partial charge in [0.2, 0.25) is 0 Å². The molecule has 18 heavy (non-hydrogen) atoms. The molecule has 2 unspecified atom stereocenters. The van der Waals surface area contributed by atoms with Gasteiger partial charge >= 0.3 is 5.97 Å². The Morgan fingerprint density at radius 3 is 2.56 bits per heavy atom. The monoisotopic (exact) mass is 264 g/mol. The molecule has 1 aliphatic rings. The normalized spacial score (nSPS) is 40.2. The number of aliphatic hydroxyl groups excluding tert-OH is 3. The van der Waals surface area contributed by atoms with Crippen LogP contribution in [0.15, 0.2) is 0 Å². The Balaban J connectivity index is 2.92. The lowest BCUT2D eigenvalue weighted by Gasteiger charge is -2.43. The van der Waals surface area contributed by atoms with Crippen LogP contribution >= 0.6 is 0 Å². The Hall–Kier alpha value is -0.730. The molecule has 7 nitrogen and oxygen atoms in total.